The number of rotatable bonds is 8. The monoisotopic (exact) mass is 297 g/mol. The van der Waals surface area contributed by atoms with Crippen LogP contribution in [0.25, 0.3) is 0 Å². The van der Waals surface area contributed by atoms with Crippen LogP contribution in [0.15, 0.2) is 0 Å². The van der Waals surface area contributed by atoms with Gasteiger partial charge >= 0.3 is 0 Å². The summed E-state index contributed by atoms with van der Waals surface area (Å²) in [6.45, 7) is 8.45. The quantitative estimate of drug-likeness (QED) is 0.645. The van der Waals surface area contributed by atoms with Gasteiger partial charge in [-0.2, -0.15) is 0 Å². The summed E-state index contributed by atoms with van der Waals surface area (Å²) in [4.78, 5) is 36.9. The Morgan fingerprint density at radius 2 is 1.81 bits per heavy atom. The average molecular weight is 297 g/mol. The van der Waals surface area contributed by atoms with Gasteiger partial charge < -0.3 is 0 Å². The molecule has 0 aromatic carbocycles. The van der Waals surface area contributed by atoms with Crippen LogP contribution in [0, 0.1) is 17.8 Å². The Hall–Kier alpha value is -1.19. The zero-order chi connectivity index (χ0) is 15.3. The number of nitrogens with zero attached hydrogens (tertiary/aromatic N) is 1. The molecule has 122 valence electrons. The lowest BCUT2D eigenvalue weighted by Gasteiger charge is -2.16. The van der Waals surface area contributed by atoms with Gasteiger partial charge in [-0.25, -0.2) is 0 Å². The summed E-state index contributed by atoms with van der Waals surface area (Å²) in [5.74, 6) is 0.524. The summed E-state index contributed by atoms with van der Waals surface area (Å²) in [6.07, 6.45) is 3.11. The van der Waals surface area contributed by atoms with E-state index in [0.29, 0.717) is 25.2 Å². The molecule has 4 heteroatoms. The lowest BCUT2D eigenvalue weighted by Crippen LogP contribution is -2.33. The molecule has 0 aromatic heterocycles. The van der Waals surface area contributed by atoms with E-state index in [2.05, 4.69) is 13.8 Å². The van der Waals surface area contributed by atoms with Gasteiger partial charge in [-0.3, -0.25) is 19.3 Å². The predicted molar refractivity (Wildman–Crippen MR) is 84.7 cm³/mol. The minimum absolute atomic E-state index is 0. The Morgan fingerprint density at radius 3 is 2.29 bits per heavy atom. The maximum Gasteiger partial charge on any atom is 0.233 e. The number of amides is 2. The van der Waals surface area contributed by atoms with E-state index < -0.39 is 0 Å². The van der Waals surface area contributed by atoms with E-state index in [4.69, 9.17) is 0 Å². The molecular weight excluding hydrogens is 266 g/mol. The zero-order valence-electron chi connectivity index (χ0n) is 13.1. The summed E-state index contributed by atoms with van der Waals surface area (Å²) in [5.41, 5.74) is 0. The lowest BCUT2D eigenvalue weighted by molar-refractivity contribution is -0.139. The molecule has 1 rings (SSSR count). The number of carbonyl (C=O) groups is 3. The largest absolute Gasteiger partial charge is 0.300 e. The molecule has 0 saturated carbocycles. The highest BCUT2D eigenvalue weighted by Crippen LogP contribution is 2.26. The molecule has 1 atom stereocenters. The first-order chi connectivity index (χ1) is 9.32. The number of hydrogen-bond donors (Lipinski definition) is 0. The zero-order valence-corrected chi connectivity index (χ0v) is 13.1. The molecule has 1 fully saturated rings. The Kier molecular flexibility index (Phi) is 8.45. The second-order valence-corrected chi connectivity index (χ2v) is 6.51. The van der Waals surface area contributed by atoms with Gasteiger partial charge in [-0.1, -0.05) is 41.5 Å². The molecule has 0 radical (unpaired) electrons. The highest BCUT2D eigenvalue weighted by Gasteiger charge is 2.39. The van der Waals surface area contributed by atoms with Crippen LogP contribution in [0.1, 0.15) is 67.2 Å². The van der Waals surface area contributed by atoms with Crippen LogP contribution in [0.5, 0.6) is 0 Å². The Labute approximate surface area is 129 Å². The first-order valence-corrected chi connectivity index (χ1v) is 7.68. The second-order valence-electron chi connectivity index (χ2n) is 6.51. The van der Waals surface area contributed by atoms with E-state index in [1.165, 1.54) is 4.90 Å². The lowest BCUT2D eigenvalue weighted by atomic mass is 9.94. The fraction of sp³-hybridized carbons (Fsp3) is 0.824. The van der Waals surface area contributed by atoms with Crippen molar-refractivity contribution in [2.75, 3.05) is 6.54 Å². The fourth-order valence-electron chi connectivity index (χ4n) is 2.53. The number of hydrogen-bond acceptors (Lipinski definition) is 3. The van der Waals surface area contributed by atoms with E-state index in [-0.39, 0.29) is 43.4 Å². The van der Waals surface area contributed by atoms with Crippen LogP contribution in [0.4, 0.5) is 0 Å². The van der Waals surface area contributed by atoms with E-state index in [1.54, 1.807) is 0 Å². The summed E-state index contributed by atoms with van der Waals surface area (Å²) >= 11 is 0. The maximum atomic E-state index is 12.1. The van der Waals surface area contributed by atoms with Crippen LogP contribution in [0.2, 0.25) is 0 Å². The molecule has 0 bridgehead atoms. The van der Waals surface area contributed by atoms with E-state index >= 15 is 0 Å². The smallest absolute Gasteiger partial charge is 0.233 e. The van der Waals surface area contributed by atoms with Gasteiger partial charge in [0.1, 0.15) is 5.78 Å². The van der Waals surface area contributed by atoms with Gasteiger partial charge in [0.25, 0.3) is 0 Å². The highest BCUT2D eigenvalue weighted by molar-refractivity contribution is 6.03. The molecule has 1 heterocycles. The van der Waals surface area contributed by atoms with E-state index in [1.807, 2.05) is 13.8 Å². The van der Waals surface area contributed by atoms with Crippen molar-refractivity contribution in [3.63, 3.8) is 0 Å². The van der Waals surface area contributed by atoms with Crippen molar-refractivity contribution in [2.24, 2.45) is 17.8 Å². The van der Waals surface area contributed by atoms with Crippen molar-refractivity contribution in [3.05, 3.63) is 0 Å². The predicted octanol–water partition coefficient (Wildman–Crippen LogP) is 3.44. The van der Waals surface area contributed by atoms with Gasteiger partial charge in [0.05, 0.1) is 0 Å². The van der Waals surface area contributed by atoms with E-state index in [0.717, 1.165) is 12.8 Å². The molecule has 4 nitrogen and oxygen atoms in total. The van der Waals surface area contributed by atoms with Crippen LogP contribution < -0.4 is 0 Å². The summed E-state index contributed by atoms with van der Waals surface area (Å²) in [5, 5.41) is 0. The van der Waals surface area contributed by atoms with Gasteiger partial charge in [0, 0.05) is 31.7 Å². The third kappa shape index (κ3) is 5.98. The molecule has 0 spiro atoms. The minimum atomic E-state index is -0.196. The molecule has 1 saturated heterocycles. The average Bonchev–Trinajstić information content (AvgIpc) is 2.62. The van der Waals surface area contributed by atoms with Gasteiger partial charge in [-0.05, 0) is 18.3 Å². The fourth-order valence-corrected chi connectivity index (χ4v) is 2.53. The standard InChI is InChI=1S/C16H27NO3.CH4/c1-11(2)6-5-7-13(18)8-9-17-15(19)10-14(12(3)4)16(17)20;/h11-12,14H,5-10H2,1-4H3;1H4. The van der Waals surface area contributed by atoms with Crippen molar-refractivity contribution < 1.29 is 14.4 Å². The maximum absolute atomic E-state index is 12.1. The van der Waals surface area contributed by atoms with Crippen molar-refractivity contribution in [1.82, 2.24) is 4.90 Å². The van der Waals surface area contributed by atoms with Gasteiger partial charge in [0.2, 0.25) is 11.8 Å². The van der Waals surface area contributed by atoms with Crippen molar-refractivity contribution >= 4 is 17.6 Å². The number of carbonyl (C=O) groups excluding carboxylic acids is 3. The molecule has 0 aliphatic carbocycles. The first-order valence-electron chi connectivity index (χ1n) is 7.68. The molecule has 0 N–H and O–H groups in total. The van der Waals surface area contributed by atoms with Crippen molar-refractivity contribution in [1.29, 1.82) is 0 Å². The minimum Gasteiger partial charge on any atom is -0.300 e. The number of Topliss-reactive ketones (excluding diaryl/α,β-unsaturated/α-hetero) is 1. The van der Waals surface area contributed by atoms with Gasteiger partial charge in [-0.15, -0.1) is 0 Å². The summed E-state index contributed by atoms with van der Waals surface area (Å²) in [7, 11) is 0. The number of ketones is 1. The third-order valence-electron chi connectivity index (χ3n) is 3.93. The van der Waals surface area contributed by atoms with Crippen LogP contribution >= 0.6 is 0 Å². The van der Waals surface area contributed by atoms with Crippen LogP contribution in [0.3, 0.4) is 0 Å². The Balaban J connectivity index is 0.00000400. The molecule has 1 unspecified atom stereocenters. The summed E-state index contributed by atoms with van der Waals surface area (Å²) in [6, 6.07) is 0. The number of imide groups is 1. The summed E-state index contributed by atoms with van der Waals surface area (Å²) < 4.78 is 0. The Morgan fingerprint density at radius 1 is 1.19 bits per heavy atom. The van der Waals surface area contributed by atoms with Crippen molar-refractivity contribution in [2.45, 2.75) is 67.2 Å². The van der Waals surface area contributed by atoms with E-state index in [9.17, 15) is 14.4 Å². The SMILES string of the molecule is C.CC(C)CCCC(=O)CCN1C(=O)CC(C(C)C)C1=O. The van der Waals surface area contributed by atoms with Gasteiger partial charge in [0.15, 0.2) is 0 Å². The second kappa shape index (κ2) is 8.96. The highest BCUT2D eigenvalue weighted by atomic mass is 16.2. The molecule has 1 aliphatic rings. The molecule has 2 amide bonds. The molecule has 1 aliphatic heterocycles. The Bertz CT molecular complexity index is 374. The first kappa shape index (κ1) is 19.8. The van der Waals surface area contributed by atoms with Crippen LogP contribution in [-0.2, 0) is 14.4 Å². The van der Waals surface area contributed by atoms with Crippen molar-refractivity contribution in [3.8, 4) is 0 Å². The van der Waals surface area contributed by atoms with Crippen LogP contribution in [-0.4, -0.2) is 29.0 Å². The molecular formula is C17H31NO3. The molecule has 21 heavy (non-hydrogen) atoms. The number of likely N-dealkylation sites (tertiary alicyclic amines) is 1. The third-order valence-corrected chi connectivity index (χ3v) is 3.93. The molecule has 0 aromatic rings. The topological polar surface area (TPSA) is 54.5 Å². The normalized spacial score (nSPS) is 18.6.